The molecule has 0 saturated heterocycles. The Morgan fingerprint density at radius 3 is 2.33 bits per heavy atom. The highest BCUT2D eigenvalue weighted by molar-refractivity contribution is 6.35. The first-order chi connectivity index (χ1) is 9.78. The van der Waals surface area contributed by atoms with E-state index in [1.54, 1.807) is 0 Å². The number of carboxylic acid groups (broad SMARTS) is 1. The van der Waals surface area contributed by atoms with Crippen LogP contribution in [0.25, 0.3) is 11.3 Å². The van der Waals surface area contributed by atoms with E-state index in [9.17, 15) is 18.0 Å². The van der Waals surface area contributed by atoms with Crippen molar-refractivity contribution in [2.75, 3.05) is 0 Å². The summed E-state index contributed by atoms with van der Waals surface area (Å²) in [4.78, 5) is 14.9. The molecule has 0 atom stereocenters. The first-order valence-corrected chi connectivity index (χ1v) is 5.90. The summed E-state index contributed by atoms with van der Waals surface area (Å²) in [6.45, 7) is 0. The molecule has 0 unspecified atom stereocenters. The minimum Gasteiger partial charge on any atom is -0.478 e. The van der Waals surface area contributed by atoms with Crippen molar-refractivity contribution in [1.29, 1.82) is 0 Å². The van der Waals surface area contributed by atoms with E-state index < -0.39 is 18.1 Å². The van der Waals surface area contributed by atoms with E-state index in [1.165, 1.54) is 24.4 Å². The van der Waals surface area contributed by atoms with E-state index in [1.807, 2.05) is 0 Å². The van der Waals surface area contributed by atoms with Crippen molar-refractivity contribution in [2.45, 2.75) is 6.36 Å². The number of aromatic carboxylic acids is 1. The number of aromatic nitrogens is 1. The van der Waals surface area contributed by atoms with E-state index in [-0.39, 0.29) is 16.3 Å². The molecule has 0 saturated carbocycles. The summed E-state index contributed by atoms with van der Waals surface area (Å²) in [5, 5.41) is 8.86. The molecule has 2 rings (SSSR count). The van der Waals surface area contributed by atoms with Crippen molar-refractivity contribution < 1.29 is 27.8 Å². The molecular formula is C13H7ClF3NO3. The Morgan fingerprint density at radius 2 is 1.81 bits per heavy atom. The molecule has 0 aliphatic rings. The molecule has 8 heteroatoms. The van der Waals surface area contributed by atoms with Crippen molar-refractivity contribution >= 4 is 17.6 Å². The van der Waals surface area contributed by atoms with Gasteiger partial charge in [0, 0.05) is 11.8 Å². The Morgan fingerprint density at radius 1 is 1.19 bits per heavy atom. The average molecular weight is 318 g/mol. The number of rotatable bonds is 3. The largest absolute Gasteiger partial charge is 0.573 e. The van der Waals surface area contributed by atoms with Crippen LogP contribution in [0.3, 0.4) is 0 Å². The Hall–Kier alpha value is -2.28. The van der Waals surface area contributed by atoms with E-state index >= 15 is 0 Å². The number of hydrogen-bond donors (Lipinski definition) is 1. The first-order valence-electron chi connectivity index (χ1n) is 5.52. The second-order valence-corrected chi connectivity index (χ2v) is 4.28. The molecule has 0 radical (unpaired) electrons. The van der Waals surface area contributed by atoms with Crippen molar-refractivity contribution in [2.24, 2.45) is 0 Å². The molecule has 0 aliphatic heterocycles. The highest BCUT2D eigenvalue weighted by Gasteiger charge is 2.31. The van der Waals surface area contributed by atoms with Gasteiger partial charge < -0.3 is 9.84 Å². The molecule has 0 bridgehead atoms. The molecule has 1 N–H and O–H groups in total. The molecule has 1 aromatic heterocycles. The molecule has 0 amide bonds. The van der Waals surface area contributed by atoms with Gasteiger partial charge >= 0.3 is 12.3 Å². The zero-order valence-corrected chi connectivity index (χ0v) is 10.9. The molecule has 4 nitrogen and oxygen atoms in total. The zero-order chi connectivity index (χ0) is 15.6. The van der Waals surface area contributed by atoms with Gasteiger partial charge in [0.1, 0.15) is 5.75 Å². The summed E-state index contributed by atoms with van der Waals surface area (Å²) in [6.07, 6.45) is -3.52. The monoisotopic (exact) mass is 317 g/mol. The van der Waals surface area contributed by atoms with Crippen molar-refractivity contribution in [1.82, 2.24) is 4.98 Å². The predicted octanol–water partition coefficient (Wildman–Crippen LogP) is 4.00. The maximum absolute atomic E-state index is 12.0. The Bertz CT molecular complexity index is 671. The number of ether oxygens (including phenoxy) is 1. The normalized spacial score (nSPS) is 11.2. The number of pyridine rings is 1. The molecule has 1 heterocycles. The Balaban J connectivity index is 2.35. The van der Waals surface area contributed by atoms with E-state index in [0.29, 0.717) is 5.56 Å². The lowest BCUT2D eigenvalue weighted by molar-refractivity contribution is -0.274. The summed E-state index contributed by atoms with van der Waals surface area (Å²) in [7, 11) is 0. The summed E-state index contributed by atoms with van der Waals surface area (Å²) >= 11 is 5.93. The number of benzene rings is 1. The number of alkyl halides is 3. The molecule has 110 valence electrons. The topological polar surface area (TPSA) is 59.4 Å². The third-order valence-electron chi connectivity index (χ3n) is 2.48. The molecule has 21 heavy (non-hydrogen) atoms. The average Bonchev–Trinajstić information content (AvgIpc) is 2.38. The number of hydrogen-bond acceptors (Lipinski definition) is 3. The first kappa shape index (κ1) is 15.1. The fourth-order valence-corrected chi connectivity index (χ4v) is 1.93. The molecule has 2 aromatic rings. The van der Waals surface area contributed by atoms with Gasteiger partial charge in [-0.15, -0.1) is 13.2 Å². The quantitative estimate of drug-likeness (QED) is 0.929. The lowest BCUT2D eigenvalue weighted by Gasteiger charge is -2.10. The van der Waals surface area contributed by atoms with Crippen molar-refractivity contribution in [3.8, 4) is 17.0 Å². The van der Waals surface area contributed by atoms with Gasteiger partial charge in [-0.1, -0.05) is 11.6 Å². The second kappa shape index (κ2) is 5.61. The Kier molecular flexibility index (Phi) is 4.04. The third-order valence-corrected chi connectivity index (χ3v) is 2.86. The zero-order valence-electron chi connectivity index (χ0n) is 10.2. The van der Waals surface area contributed by atoms with Gasteiger partial charge in [-0.25, -0.2) is 4.79 Å². The van der Waals surface area contributed by atoms with Crippen LogP contribution in [0.5, 0.6) is 5.75 Å². The standard InChI is InChI=1S/C13H7ClF3NO3/c14-10-9(12(19)20)5-6-18-11(10)7-1-3-8(4-2-7)21-13(15,16)17/h1-6H,(H,19,20). The van der Waals surface area contributed by atoms with Crippen LogP contribution in [-0.4, -0.2) is 22.4 Å². The number of carboxylic acids is 1. The van der Waals surface area contributed by atoms with Gasteiger partial charge in [0.2, 0.25) is 0 Å². The number of halogens is 4. The molecule has 0 fully saturated rings. The van der Waals surface area contributed by atoms with Crippen LogP contribution in [0.15, 0.2) is 36.5 Å². The number of carbonyl (C=O) groups is 1. The minimum absolute atomic E-state index is 0.0884. The van der Waals surface area contributed by atoms with Crippen LogP contribution in [-0.2, 0) is 0 Å². The van der Waals surface area contributed by atoms with Gasteiger partial charge in [0.05, 0.1) is 16.3 Å². The summed E-state index contributed by atoms with van der Waals surface area (Å²) in [5.41, 5.74) is 0.394. The number of nitrogens with zero attached hydrogens (tertiary/aromatic N) is 1. The third kappa shape index (κ3) is 3.63. The van der Waals surface area contributed by atoms with Crippen LogP contribution in [0.1, 0.15) is 10.4 Å². The molecule has 1 aromatic carbocycles. The molecule has 0 spiro atoms. The Labute approximate surface area is 121 Å². The lowest BCUT2D eigenvalue weighted by atomic mass is 10.1. The van der Waals surface area contributed by atoms with Gasteiger partial charge in [-0.3, -0.25) is 4.98 Å². The van der Waals surface area contributed by atoms with Gasteiger partial charge in [0.25, 0.3) is 0 Å². The van der Waals surface area contributed by atoms with Crippen LogP contribution in [0.2, 0.25) is 5.02 Å². The van der Waals surface area contributed by atoms with Gasteiger partial charge in [-0.2, -0.15) is 0 Å². The van der Waals surface area contributed by atoms with Crippen LogP contribution in [0.4, 0.5) is 13.2 Å². The van der Waals surface area contributed by atoms with Gasteiger partial charge in [-0.05, 0) is 30.3 Å². The minimum atomic E-state index is -4.78. The lowest BCUT2D eigenvalue weighted by Crippen LogP contribution is -2.16. The van der Waals surface area contributed by atoms with Gasteiger partial charge in [0.15, 0.2) is 0 Å². The van der Waals surface area contributed by atoms with E-state index in [4.69, 9.17) is 16.7 Å². The predicted molar refractivity (Wildman–Crippen MR) is 68.3 cm³/mol. The van der Waals surface area contributed by atoms with Crippen molar-refractivity contribution in [3.63, 3.8) is 0 Å². The summed E-state index contributed by atoms with van der Waals surface area (Å²) in [6, 6.07) is 6.03. The molecular weight excluding hydrogens is 311 g/mol. The van der Waals surface area contributed by atoms with Crippen LogP contribution in [0, 0.1) is 0 Å². The fraction of sp³-hybridized carbons (Fsp3) is 0.0769. The fourth-order valence-electron chi connectivity index (χ4n) is 1.62. The maximum Gasteiger partial charge on any atom is 0.573 e. The van der Waals surface area contributed by atoms with Crippen LogP contribution >= 0.6 is 11.6 Å². The molecule has 0 aliphatic carbocycles. The van der Waals surface area contributed by atoms with E-state index in [0.717, 1.165) is 12.1 Å². The highest BCUT2D eigenvalue weighted by atomic mass is 35.5. The summed E-state index contributed by atoms with van der Waals surface area (Å²) < 4.78 is 39.9. The van der Waals surface area contributed by atoms with Crippen LogP contribution < -0.4 is 4.74 Å². The maximum atomic E-state index is 12.0. The second-order valence-electron chi connectivity index (χ2n) is 3.90. The summed E-state index contributed by atoms with van der Waals surface area (Å²) in [5.74, 6) is -1.61. The highest BCUT2D eigenvalue weighted by Crippen LogP contribution is 2.31. The SMILES string of the molecule is O=C(O)c1ccnc(-c2ccc(OC(F)(F)F)cc2)c1Cl. The van der Waals surface area contributed by atoms with Crippen molar-refractivity contribution in [3.05, 3.63) is 47.1 Å². The van der Waals surface area contributed by atoms with E-state index in [2.05, 4.69) is 9.72 Å². The smallest absolute Gasteiger partial charge is 0.478 e.